The topological polar surface area (TPSA) is 75.3 Å². The summed E-state index contributed by atoms with van der Waals surface area (Å²) in [5, 5.41) is 18.3. The average molecular weight is 345 g/mol. The molecule has 0 saturated carbocycles. The van der Waals surface area contributed by atoms with E-state index in [9.17, 15) is 5.11 Å². The number of thiophene rings is 1. The molecular weight excluding hydrogens is 322 g/mol. The van der Waals surface area contributed by atoms with Crippen LogP contribution in [0.4, 0.5) is 5.95 Å². The van der Waals surface area contributed by atoms with Gasteiger partial charge in [-0.1, -0.05) is 13.8 Å². The molecule has 0 fully saturated rings. The van der Waals surface area contributed by atoms with Crippen molar-refractivity contribution in [3.63, 3.8) is 0 Å². The number of hydrogen-bond donors (Lipinski definition) is 2. The number of aliphatic hydroxyl groups excluding tert-OH is 1. The fraction of sp³-hybridized carbons (Fsp3) is 0.588. The van der Waals surface area contributed by atoms with Crippen molar-refractivity contribution in [1.82, 2.24) is 19.6 Å². The van der Waals surface area contributed by atoms with E-state index in [2.05, 4.69) is 29.2 Å². The molecule has 0 amide bonds. The van der Waals surface area contributed by atoms with Crippen LogP contribution in [0.3, 0.4) is 0 Å². The molecule has 3 heterocycles. The fourth-order valence-electron chi connectivity index (χ4n) is 3.45. The highest BCUT2D eigenvalue weighted by atomic mass is 32.1. The van der Waals surface area contributed by atoms with Crippen molar-refractivity contribution >= 4 is 33.1 Å². The van der Waals surface area contributed by atoms with Crippen LogP contribution < -0.4 is 5.32 Å². The minimum atomic E-state index is 0.178. The highest BCUT2D eigenvalue weighted by Gasteiger charge is 2.24. The van der Waals surface area contributed by atoms with Gasteiger partial charge in [0, 0.05) is 18.0 Å². The number of hydrogen-bond acceptors (Lipinski definition) is 6. The first kappa shape index (κ1) is 15.8. The molecule has 1 aliphatic carbocycles. The van der Waals surface area contributed by atoms with E-state index in [4.69, 9.17) is 4.98 Å². The molecule has 0 radical (unpaired) electrons. The maximum atomic E-state index is 9.39. The summed E-state index contributed by atoms with van der Waals surface area (Å²) >= 11 is 1.80. The summed E-state index contributed by atoms with van der Waals surface area (Å²) in [6.45, 7) is 5.26. The van der Waals surface area contributed by atoms with E-state index in [1.54, 1.807) is 22.2 Å². The van der Waals surface area contributed by atoms with Crippen LogP contribution in [-0.4, -0.2) is 37.8 Å². The predicted octanol–water partition coefficient (Wildman–Crippen LogP) is 2.89. The first-order valence-corrected chi connectivity index (χ1v) is 9.51. The van der Waals surface area contributed by atoms with Gasteiger partial charge in [0.15, 0.2) is 5.65 Å². The lowest BCUT2D eigenvalue weighted by Crippen LogP contribution is -2.19. The van der Waals surface area contributed by atoms with E-state index in [-0.39, 0.29) is 12.5 Å². The van der Waals surface area contributed by atoms with Gasteiger partial charge in [-0.15, -0.1) is 11.3 Å². The minimum absolute atomic E-state index is 0.178. The van der Waals surface area contributed by atoms with Gasteiger partial charge in [0.05, 0.1) is 5.39 Å². The van der Waals surface area contributed by atoms with Gasteiger partial charge in [-0.3, -0.25) is 0 Å². The number of aromatic nitrogens is 4. The summed E-state index contributed by atoms with van der Waals surface area (Å²) in [7, 11) is 0. The molecule has 0 bridgehead atoms. The second-order valence-electron chi connectivity index (χ2n) is 6.80. The Bertz CT molecular complexity index is 867. The van der Waals surface area contributed by atoms with Crippen molar-refractivity contribution in [3.8, 4) is 0 Å². The summed E-state index contributed by atoms with van der Waals surface area (Å²) in [5.74, 6) is 1.65. The summed E-state index contributed by atoms with van der Waals surface area (Å²) in [6.07, 6.45) is 6.03. The Balaban J connectivity index is 1.80. The summed E-state index contributed by atoms with van der Waals surface area (Å²) in [6, 6.07) is 0. The van der Waals surface area contributed by atoms with Crippen LogP contribution >= 0.6 is 11.3 Å². The van der Waals surface area contributed by atoms with Crippen LogP contribution in [0.1, 0.15) is 37.1 Å². The van der Waals surface area contributed by atoms with Gasteiger partial charge < -0.3 is 10.4 Å². The lowest BCUT2D eigenvalue weighted by Gasteiger charge is -2.18. The molecule has 2 atom stereocenters. The monoisotopic (exact) mass is 345 g/mol. The van der Waals surface area contributed by atoms with Crippen molar-refractivity contribution < 1.29 is 5.11 Å². The lowest BCUT2D eigenvalue weighted by molar-refractivity contribution is 0.229. The molecule has 0 saturated heterocycles. The molecule has 2 unspecified atom stereocenters. The maximum Gasteiger partial charge on any atom is 0.227 e. The second-order valence-corrected chi connectivity index (χ2v) is 7.88. The zero-order valence-corrected chi connectivity index (χ0v) is 14.9. The summed E-state index contributed by atoms with van der Waals surface area (Å²) < 4.78 is 1.80. The summed E-state index contributed by atoms with van der Waals surface area (Å²) in [5.41, 5.74) is 2.32. The average Bonchev–Trinajstić information content (AvgIpc) is 3.19. The van der Waals surface area contributed by atoms with E-state index >= 15 is 0 Å². The molecule has 128 valence electrons. The summed E-state index contributed by atoms with van der Waals surface area (Å²) in [4.78, 5) is 11.8. The Labute approximate surface area is 144 Å². The van der Waals surface area contributed by atoms with Gasteiger partial charge in [-0.05, 0) is 43.1 Å². The zero-order valence-electron chi connectivity index (χ0n) is 14.1. The van der Waals surface area contributed by atoms with E-state index in [1.165, 1.54) is 22.2 Å². The van der Waals surface area contributed by atoms with Crippen LogP contribution in [0.2, 0.25) is 0 Å². The Kier molecular flexibility index (Phi) is 4.14. The van der Waals surface area contributed by atoms with Gasteiger partial charge in [0.1, 0.15) is 11.2 Å². The second kappa shape index (κ2) is 6.29. The third-order valence-corrected chi connectivity index (χ3v) is 6.24. The molecule has 4 rings (SSSR count). The normalized spacial score (nSPS) is 18.9. The molecule has 0 spiro atoms. The largest absolute Gasteiger partial charge is 0.396 e. The van der Waals surface area contributed by atoms with Crippen molar-refractivity contribution in [1.29, 1.82) is 0 Å². The quantitative estimate of drug-likeness (QED) is 0.744. The molecule has 2 N–H and O–H groups in total. The van der Waals surface area contributed by atoms with Crippen molar-refractivity contribution in [3.05, 3.63) is 16.8 Å². The Morgan fingerprint density at radius 1 is 1.50 bits per heavy atom. The molecule has 0 aliphatic heterocycles. The maximum absolute atomic E-state index is 9.39. The predicted molar refractivity (Wildman–Crippen MR) is 96.7 cm³/mol. The highest BCUT2D eigenvalue weighted by Crippen LogP contribution is 2.39. The number of fused-ring (bicyclic) bond motifs is 5. The highest BCUT2D eigenvalue weighted by molar-refractivity contribution is 7.19. The van der Waals surface area contributed by atoms with Gasteiger partial charge in [0.2, 0.25) is 5.95 Å². The van der Waals surface area contributed by atoms with E-state index < -0.39 is 0 Å². The van der Waals surface area contributed by atoms with Crippen molar-refractivity contribution in [2.75, 3.05) is 18.5 Å². The molecule has 6 nitrogen and oxygen atoms in total. The third kappa shape index (κ3) is 2.56. The van der Waals surface area contributed by atoms with Gasteiger partial charge in [0.25, 0.3) is 0 Å². The standard InChI is InChI=1S/C17H23N5OS/c1-3-11(8-23)7-18-17-21-16-14(15-19-9-20-22(15)17)12-6-10(2)4-5-13(12)24-16/h9-11,23H,3-8H2,1-2H3,(H,18,21). The molecule has 7 heteroatoms. The molecule has 24 heavy (non-hydrogen) atoms. The molecule has 1 aliphatic rings. The van der Waals surface area contributed by atoms with Crippen molar-refractivity contribution in [2.24, 2.45) is 11.8 Å². The van der Waals surface area contributed by atoms with Crippen LogP contribution in [-0.2, 0) is 12.8 Å². The fourth-order valence-corrected chi connectivity index (χ4v) is 4.66. The Morgan fingerprint density at radius 3 is 3.17 bits per heavy atom. The zero-order chi connectivity index (χ0) is 16.7. The molecule has 3 aromatic rings. The number of nitrogens with one attached hydrogen (secondary N) is 1. The first-order valence-electron chi connectivity index (χ1n) is 8.70. The SMILES string of the molecule is CCC(CO)CNc1nc2sc3c(c2c2ncnn12)CC(C)CC3. The minimum Gasteiger partial charge on any atom is -0.396 e. The van der Waals surface area contributed by atoms with E-state index in [0.29, 0.717) is 18.4 Å². The van der Waals surface area contributed by atoms with Crippen molar-refractivity contribution in [2.45, 2.75) is 39.5 Å². The van der Waals surface area contributed by atoms with Crippen LogP contribution in [0.15, 0.2) is 6.33 Å². The van der Waals surface area contributed by atoms with Gasteiger partial charge in [-0.25, -0.2) is 9.97 Å². The molecule has 0 aromatic carbocycles. The number of anilines is 1. The van der Waals surface area contributed by atoms with Crippen LogP contribution in [0.25, 0.3) is 15.9 Å². The van der Waals surface area contributed by atoms with Gasteiger partial charge in [-0.2, -0.15) is 9.61 Å². The number of rotatable bonds is 5. The number of aryl methyl sites for hydroxylation is 1. The lowest BCUT2D eigenvalue weighted by atomic mass is 9.89. The number of aliphatic hydroxyl groups is 1. The molecule has 3 aromatic heterocycles. The van der Waals surface area contributed by atoms with Crippen LogP contribution in [0.5, 0.6) is 0 Å². The Morgan fingerprint density at radius 2 is 2.38 bits per heavy atom. The molecular formula is C17H23N5OS. The number of nitrogens with zero attached hydrogens (tertiary/aromatic N) is 4. The Hall–Kier alpha value is -1.73. The van der Waals surface area contributed by atoms with Gasteiger partial charge >= 0.3 is 0 Å². The van der Waals surface area contributed by atoms with E-state index in [1.807, 2.05) is 0 Å². The van der Waals surface area contributed by atoms with Crippen LogP contribution in [0, 0.1) is 11.8 Å². The first-order chi connectivity index (χ1) is 11.7. The smallest absolute Gasteiger partial charge is 0.227 e. The third-order valence-electron chi connectivity index (χ3n) is 5.05. The van der Waals surface area contributed by atoms with E-state index in [0.717, 1.165) is 29.7 Å².